The summed E-state index contributed by atoms with van der Waals surface area (Å²) in [4.78, 5) is 0. The van der Waals surface area contributed by atoms with Crippen LogP contribution in [0.2, 0.25) is 0 Å². The second-order valence-electron chi connectivity index (χ2n) is 4.03. The van der Waals surface area contributed by atoms with Gasteiger partial charge in [0.1, 0.15) is 0 Å². The lowest BCUT2D eigenvalue weighted by molar-refractivity contribution is 0.578. The van der Waals surface area contributed by atoms with E-state index < -0.39 is 0 Å². The molecule has 2 nitrogen and oxygen atoms in total. The molecule has 1 aromatic rings. The average molecular weight is 190 g/mol. The van der Waals surface area contributed by atoms with Crippen molar-refractivity contribution in [2.75, 3.05) is 6.54 Å². The summed E-state index contributed by atoms with van der Waals surface area (Å²) >= 11 is 0. The van der Waals surface area contributed by atoms with Crippen LogP contribution in [0.4, 0.5) is 0 Å². The van der Waals surface area contributed by atoms with Crippen LogP contribution in [-0.4, -0.2) is 12.6 Å². The van der Waals surface area contributed by atoms with Gasteiger partial charge in [0, 0.05) is 12.1 Å². The van der Waals surface area contributed by atoms with Gasteiger partial charge in [-0.15, -0.1) is 0 Å². The molecular weight excluding hydrogens is 172 g/mol. The van der Waals surface area contributed by atoms with Crippen LogP contribution in [0, 0.1) is 0 Å². The van der Waals surface area contributed by atoms with Crippen molar-refractivity contribution >= 4 is 0 Å². The maximum atomic E-state index is 6.06. The number of hydrogen-bond donors (Lipinski definition) is 2. The Morgan fingerprint density at radius 1 is 1.29 bits per heavy atom. The summed E-state index contributed by atoms with van der Waals surface area (Å²) in [5, 5.41) is 3.48. The molecule has 3 N–H and O–H groups in total. The first kappa shape index (κ1) is 9.69. The van der Waals surface area contributed by atoms with Crippen molar-refractivity contribution in [2.45, 2.75) is 31.3 Å². The Morgan fingerprint density at radius 2 is 2.00 bits per heavy atom. The van der Waals surface area contributed by atoms with Gasteiger partial charge in [-0.1, -0.05) is 30.3 Å². The van der Waals surface area contributed by atoms with E-state index in [-0.39, 0.29) is 6.04 Å². The number of nitrogens with one attached hydrogen (secondary N) is 1. The molecule has 0 heterocycles. The van der Waals surface area contributed by atoms with Gasteiger partial charge in [-0.3, -0.25) is 0 Å². The van der Waals surface area contributed by atoms with E-state index in [9.17, 15) is 0 Å². The minimum atomic E-state index is 0.183. The zero-order valence-corrected chi connectivity index (χ0v) is 8.45. The molecule has 1 aromatic carbocycles. The molecule has 0 aromatic heterocycles. The molecule has 1 unspecified atom stereocenters. The average Bonchev–Trinajstić information content (AvgIpc) is 3.03. The van der Waals surface area contributed by atoms with Gasteiger partial charge in [0.15, 0.2) is 0 Å². The van der Waals surface area contributed by atoms with Crippen molar-refractivity contribution in [1.29, 1.82) is 0 Å². The van der Waals surface area contributed by atoms with Crippen molar-refractivity contribution in [1.82, 2.24) is 5.32 Å². The standard InChI is InChI=1S/C12H18N2/c13-12(8-9-14-11-6-7-11)10-4-2-1-3-5-10/h1-5,11-12,14H,6-9,13H2. The van der Waals surface area contributed by atoms with Gasteiger partial charge < -0.3 is 11.1 Å². The number of hydrogen-bond acceptors (Lipinski definition) is 2. The molecule has 0 saturated heterocycles. The Labute approximate surface area is 85.5 Å². The van der Waals surface area contributed by atoms with Gasteiger partial charge in [0.2, 0.25) is 0 Å². The lowest BCUT2D eigenvalue weighted by Crippen LogP contribution is -2.22. The molecule has 76 valence electrons. The highest BCUT2D eigenvalue weighted by atomic mass is 14.9. The van der Waals surface area contributed by atoms with Gasteiger partial charge in [-0.25, -0.2) is 0 Å². The van der Waals surface area contributed by atoms with E-state index >= 15 is 0 Å². The van der Waals surface area contributed by atoms with E-state index in [4.69, 9.17) is 5.73 Å². The molecule has 14 heavy (non-hydrogen) atoms. The summed E-state index contributed by atoms with van der Waals surface area (Å²) in [5.74, 6) is 0. The zero-order valence-electron chi connectivity index (χ0n) is 8.45. The summed E-state index contributed by atoms with van der Waals surface area (Å²) in [5.41, 5.74) is 7.30. The Kier molecular flexibility index (Phi) is 3.17. The number of benzene rings is 1. The first-order chi connectivity index (χ1) is 6.86. The zero-order chi connectivity index (χ0) is 9.80. The summed E-state index contributed by atoms with van der Waals surface area (Å²) in [7, 11) is 0. The van der Waals surface area contributed by atoms with Crippen LogP contribution >= 0.6 is 0 Å². The van der Waals surface area contributed by atoms with E-state index in [2.05, 4.69) is 17.4 Å². The lowest BCUT2D eigenvalue weighted by atomic mass is 10.1. The summed E-state index contributed by atoms with van der Waals surface area (Å²) < 4.78 is 0. The maximum absolute atomic E-state index is 6.06. The summed E-state index contributed by atoms with van der Waals surface area (Å²) in [6, 6.07) is 11.3. The van der Waals surface area contributed by atoms with Crippen molar-refractivity contribution in [3.63, 3.8) is 0 Å². The molecule has 2 rings (SSSR count). The van der Waals surface area contributed by atoms with Gasteiger partial charge in [0.05, 0.1) is 0 Å². The van der Waals surface area contributed by atoms with Gasteiger partial charge in [0.25, 0.3) is 0 Å². The normalized spacial score (nSPS) is 18.1. The van der Waals surface area contributed by atoms with E-state index in [0.717, 1.165) is 19.0 Å². The van der Waals surface area contributed by atoms with Crippen LogP contribution in [0.3, 0.4) is 0 Å². The fourth-order valence-electron chi connectivity index (χ4n) is 1.60. The smallest absolute Gasteiger partial charge is 0.0306 e. The van der Waals surface area contributed by atoms with Crippen LogP contribution in [0.1, 0.15) is 30.9 Å². The minimum Gasteiger partial charge on any atom is -0.324 e. The Balaban J connectivity index is 1.74. The fraction of sp³-hybridized carbons (Fsp3) is 0.500. The van der Waals surface area contributed by atoms with E-state index in [1.54, 1.807) is 0 Å². The topological polar surface area (TPSA) is 38.0 Å². The largest absolute Gasteiger partial charge is 0.324 e. The Hall–Kier alpha value is -0.860. The van der Waals surface area contributed by atoms with Crippen molar-refractivity contribution in [3.8, 4) is 0 Å². The molecule has 1 fully saturated rings. The molecular formula is C12H18N2. The molecule has 1 aliphatic carbocycles. The van der Waals surface area contributed by atoms with Gasteiger partial charge in [-0.2, -0.15) is 0 Å². The minimum absolute atomic E-state index is 0.183. The second-order valence-corrected chi connectivity index (χ2v) is 4.03. The summed E-state index contributed by atoms with van der Waals surface area (Å²) in [6.07, 6.45) is 3.72. The molecule has 1 saturated carbocycles. The molecule has 1 atom stereocenters. The third-order valence-electron chi connectivity index (χ3n) is 2.69. The third kappa shape index (κ3) is 2.82. The molecule has 1 aliphatic rings. The predicted octanol–water partition coefficient (Wildman–Crippen LogP) is 1.83. The van der Waals surface area contributed by atoms with Gasteiger partial charge >= 0.3 is 0 Å². The Morgan fingerprint density at radius 3 is 2.64 bits per heavy atom. The van der Waals surface area contributed by atoms with Crippen LogP contribution in [0.15, 0.2) is 30.3 Å². The fourth-order valence-corrected chi connectivity index (χ4v) is 1.60. The van der Waals surface area contributed by atoms with Crippen molar-refractivity contribution in [2.24, 2.45) is 5.73 Å². The SMILES string of the molecule is NC(CCNC1CC1)c1ccccc1. The van der Waals surface area contributed by atoms with E-state index in [1.807, 2.05) is 18.2 Å². The Bertz CT molecular complexity index is 267. The van der Waals surface area contributed by atoms with Crippen molar-refractivity contribution in [3.05, 3.63) is 35.9 Å². The maximum Gasteiger partial charge on any atom is 0.0306 e. The highest BCUT2D eigenvalue weighted by Crippen LogP contribution is 2.19. The quantitative estimate of drug-likeness (QED) is 0.743. The summed E-state index contributed by atoms with van der Waals surface area (Å²) in [6.45, 7) is 1.04. The first-order valence-electron chi connectivity index (χ1n) is 5.40. The molecule has 0 radical (unpaired) electrons. The van der Waals surface area contributed by atoms with Crippen molar-refractivity contribution < 1.29 is 0 Å². The predicted molar refractivity (Wildman–Crippen MR) is 59.0 cm³/mol. The van der Waals surface area contributed by atoms with Crippen LogP contribution in [0.5, 0.6) is 0 Å². The lowest BCUT2D eigenvalue weighted by Gasteiger charge is -2.11. The molecule has 0 amide bonds. The second kappa shape index (κ2) is 4.58. The van der Waals surface area contributed by atoms with E-state index in [1.165, 1.54) is 18.4 Å². The highest BCUT2D eigenvalue weighted by Gasteiger charge is 2.20. The third-order valence-corrected chi connectivity index (χ3v) is 2.69. The van der Waals surface area contributed by atoms with Crippen LogP contribution in [0.25, 0.3) is 0 Å². The monoisotopic (exact) mass is 190 g/mol. The molecule has 0 bridgehead atoms. The van der Waals surface area contributed by atoms with Crippen LogP contribution < -0.4 is 11.1 Å². The van der Waals surface area contributed by atoms with Gasteiger partial charge in [-0.05, 0) is 31.4 Å². The number of nitrogens with two attached hydrogens (primary N) is 1. The molecule has 0 spiro atoms. The molecule has 0 aliphatic heterocycles. The van der Waals surface area contributed by atoms with Crippen LogP contribution in [-0.2, 0) is 0 Å². The molecule has 2 heteroatoms. The van der Waals surface area contributed by atoms with E-state index in [0.29, 0.717) is 0 Å². The first-order valence-corrected chi connectivity index (χ1v) is 5.40. The highest BCUT2D eigenvalue weighted by molar-refractivity contribution is 5.18. The number of rotatable bonds is 5.